The van der Waals surface area contributed by atoms with E-state index in [0.29, 0.717) is 6.61 Å². The molecule has 0 amide bonds. The number of rotatable bonds is 8. The van der Waals surface area contributed by atoms with Crippen LogP contribution in [-0.4, -0.2) is 20.7 Å². The van der Waals surface area contributed by atoms with E-state index < -0.39 is 5.60 Å². The summed E-state index contributed by atoms with van der Waals surface area (Å²) < 4.78 is 6.57. The van der Waals surface area contributed by atoms with Gasteiger partial charge >= 0.3 is 0 Å². The third-order valence-electron chi connectivity index (χ3n) is 5.92. The summed E-state index contributed by atoms with van der Waals surface area (Å²) in [7, 11) is 4.11. The summed E-state index contributed by atoms with van der Waals surface area (Å²) in [5.74, 6) is 0. The number of hydrogen-bond acceptors (Lipinski definition) is 2. The minimum atomic E-state index is -0.651. The highest BCUT2D eigenvalue weighted by Gasteiger charge is 2.36. The molecule has 0 heterocycles. The topological polar surface area (TPSA) is 12.5 Å². The van der Waals surface area contributed by atoms with Crippen molar-refractivity contribution >= 4 is 17.8 Å². The first kappa shape index (κ1) is 22.6. The van der Waals surface area contributed by atoms with E-state index in [1.54, 1.807) is 0 Å². The molecule has 0 aromatic heterocycles. The van der Waals surface area contributed by atoms with Crippen molar-refractivity contribution in [3.63, 3.8) is 0 Å². The van der Waals surface area contributed by atoms with Crippen LogP contribution in [0.4, 0.5) is 5.69 Å². The van der Waals surface area contributed by atoms with Crippen LogP contribution in [0.2, 0.25) is 0 Å². The summed E-state index contributed by atoms with van der Waals surface area (Å²) in [5.41, 5.74) is 6.26. The summed E-state index contributed by atoms with van der Waals surface area (Å²) in [6, 6.07) is 38.2. The standard InChI is InChI=1S/C31H31NO/c1-4-33-31(27-11-7-5-8-12-27,28-13-9-6-10-14-28)29-21-17-25(18-22-29)15-16-26-19-23-30(24-20-26)32(2)3/h5-24H,4H2,1-3H3/b16-15+. The number of hydrogen-bond donors (Lipinski definition) is 0. The van der Waals surface area contributed by atoms with Gasteiger partial charge in [0.1, 0.15) is 5.60 Å². The van der Waals surface area contributed by atoms with Crippen LogP contribution in [0.3, 0.4) is 0 Å². The van der Waals surface area contributed by atoms with Crippen molar-refractivity contribution < 1.29 is 4.74 Å². The summed E-state index contributed by atoms with van der Waals surface area (Å²) in [4.78, 5) is 2.11. The van der Waals surface area contributed by atoms with Crippen LogP contribution in [-0.2, 0) is 10.3 Å². The predicted octanol–water partition coefficient (Wildman–Crippen LogP) is 7.25. The normalized spacial score (nSPS) is 11.6. The molecule has 4 aromatic carbocycles. The third kappa shape index (κ3) is 4.92. The van der Waals surface area contributed by atoms with Crippen LogP contribution in [0.5, 0.6) is 0 Å². The number of nitrogens with zero attached hydrogens (tertiary/aromatic N) is 1. The molecule has 4 aromatic rings. The summed E-state index contributed by atoms with van der Waals surface area (Å²) in [5, 5.41) is 0. The van der Waals surface area contributed by atoms with E-state index in [9.17, 15) is 0 Å². The van der Waals surface area contributed by atoms with Crippen molar-refractivity contribution in [3.8, 4) is 0 Å². The Morgan fingerprint density at radius 2 is 1.03 bits per heavy atom. The molecule has 0 aliphatic rings. The number of anilines is 1. The first-order valence-corrected chi connectivity index (χ1v) is 11.4. The fourth-order valence-electron chi connectivity index (χ4n) is 4.22. The molecular weight excluding hydrogens is 402 g/mol. The van der Waals surface area contributed by atoms with Crippen LogP contribution in [0.25, 0.3) is 12.2 Å². The molecule has 0 saturated carbocycles. The lowest BCUT2D eigenvalue weighted by Crippen LogP contribution is -2.32. The monoisotopic (exact) mass is 433 g/mol. The minimum absolute atomic E-state index is 0.606. The smallest absolute Gasteiger partial charge is 0.143 e. The Bertz CT molecular complexity index is 1120. The van der Waals surface area contributed by atoms with Crippen molar-refractivity contribution in [2.45, 2.75) is 12.5 Å². The van der Waals surface area contributed by atoms with Crippen LogP contribution < -0.4 is 4.90 Å². The van der Waals surface area contributed by atoms with Gasteiger partial charge in [-0.1, -0.05) is 109 Å². The molecule has 0 N–H and O–H groups in total. The van der Waals surface area contributed by atoms with Crippen LogP contribution in [0.1, 0.15) is 34.7 Å². The maximum Gasteiger partial charge on any atom is 0.143 e. The zero-order valence-electron chi connectivity index (χ0n) is 19.6. The zero-order valence-corrected chi connectivity index (χ0v) is 19.6. The first-order chi connectivity index (χ1) is 16.1. The highest BCUT2D eigenvalue weighted by Crippen LogP contribution is 2.40. The van der Waals surface area contributed by atoms with Gasteiger partial charge in [0, 0.05) is 26.4 Å². The van der Waals surface area contributed by atoms with Gasteiger partial charge in [0.05, 0.1) is 0 Å². The molecule has 2 heteroatoms. The molecule has 0 unspecified atom stereocenters. The second-order valence-corrected chi connectivity index (χ2v) is 8.29. The van der Waals surface area contributed by atoms with E-state index in [-0.39, 0.29) is 0 Å². The highest BCUT2D eigenvalue weighted by atomic mass is 16.5. The Hall–Kier alpha value is -3.62. The van der Waals surface area contributed by atoms with Gasteiger partial charge in [-0.25, -0.2) is 0 Å². The Labute approximate surface area is 197 Å². The molecule has 2 nitrogen and oxygen atoms in total. The van der Waals surface area contributed by atoms with Crippen LogP contribution in [0, 0.1) is 0 Å². The molecule has 4 rings (SSSR count). The maximum atomic E-state index is 6.57. The molecule has 0 bridgehead atoms. The quantitative estimate of drug-likeness (QED) is 0.214. The lowest BCUT2D eigenvalue weighted by molar-refractivity contribution is 0.0216. The second-order valence-electron chi connectivity index (χ2n) is 8.29. The summed E-state index contributed by atoms with van der Waals surface area (Å²) >= 11 is 0. The lowest BCUT2D eigenvalue weighted by Gasteiger charge is -2.35. The van der Waals surface area contributed by atoms with Gasteiger partial charge < -0.3 is 9.64 Å². The molecule has 0 radical (unpaired) electrons. The third-order valence-corrected chi connectivity index (χ3v) is 5.92. The van der Waals surface area contributed by atoms with Gasteiger partial charge in [-0.15, -0.1) is 0 Å². The van der Waals surface area contributed by atoms with Crippen molar-refractivity contribution in [3.05, 3.63) is 137 Å². The Kier molecular flexibility index (Phi) is 7.07. The van der Waals surface area contributed by atoms with E-state index >= 15 is 0 Å². The molecule has 0 saturated heterocycles. The molecule has 166 valence electrons. The largest absolute Gasteiger partial charge is 0.378 e. The Balaban J connectivity index is 1.69. The van der Waals surface area contributed by atoms with E-state index in [0.717, 1.165) is 22.3 Å². The van der Waals surface area contributed by atoms with E-state index in [2.05, 4.69) is 135 Å². The molecule has 33 heavy (non-hydrogen) atoms. The second kappa shape index (κ2) is 10.3. The molecule has 0 aliphatic carbocycles. The fraction of sp³-hybridized carbons (Fsp3) is 0.161. The van der Waals surface area contributed by atoms with Crippen molar-refractivity contribution in [2.75, 3.05) is 25.6 Å². The van der Waals surface area contributed by atoms with Crippen molar-refractivity contribution in [2.24, 2.45) is 0 Å². The van der Waals surface area contributed by atoms with Crippen molar-refractivity contribution in [1.29, 1.82) is 0 Å². The summed E-state index contributed by atoms with van der Waals surface area (Å²) in [6.45, 7) is 2.66. The van der Waals surface area contributed by atoms with Crippen molar-refractivity contribution in [1.82, 2.24) is 0 Å². The van der Waals surface area contributed by atoms with E-state index in [1.165, 1.54) is 11.3 Å². The number of ether oxygens (including phenoxy) is 1. The summed E-state index contributed by atoms with van der Waals surface area (Å²) in [6.07, 6.45) is 4.31. The van der Waals surface area contributed by atoms with Gasteiger partial charge in [-0.3, -0.25) is 0 Å². The van der Waals surface area contributed by atoms with Crippen LogP contribution >= 0.6 is 0 Å². The number of benzene rings is 4. The van der Waals surface area contributed by atoms with E-state index in [1.807, 2.05) is 12.1 Å². The molecule has 0 spiro atoms. The lowest BCUT2D eigenvalue weighted by atomic mass is 9.80. The Morgan fingerprint density at radius 1 is 0.606 bits per heavy atom. The van der Waals surface area contributed by atoms with Gasteiger partial charge in [-0.2, -0.15) is 0 Å². The van der Waals surface area contributed by atoms with E-state index in [4.69, 9.17) is 4.74 Å². The highest BCUT2D eigenvalue weighted by molar-refractivity contribution is 5.70. The first-order valence-electron chi connectivity index (χ1n) is 11.4. The molecule has 0 aliphatic heterocycles. The average Bonchev–Trinajstić information content (AvgIpc) is 2.88. The molecular formula is C31H31NO. The van der Waals surface area contributed by atoms with Gasteiger partial charge in [0.2, 0.25) is 0 Å². The van der Waals surface area contributed by atoms with Crippen LogP contribution in [0.15, 0.2) is 109 Å². The predicted molar refractivity (Wildman–Crippen MR) is 141 cm³/mol. The van der Waals surface area contributed by atoms with Gasteiger partial charge in [0.25, 0.3) is 0 Å². The zero-order chi connectivity index (χ0) is 23.1. The Morgan fingerprint density at radius 3 is 1.45 bits per heavy atom. The molecule has 0 fully saturated rings. The van der Waals surface area contributed by atoms with Gasteiger partial charge in [-0.05, 0) is 46.9 Å². The molecule has 0 atom stereocenters. The van der Waals surface area contributed by atoms with Gasteiger partial charge in [0.15, 0.2) is 0 Å². The fourth-order valence-corrected chi connectivity index (χ4v) is 4.22. The average molecular weight is 434 g/mol. The SMILES string of the molecule is CCOC(c1ccccc1)(c1ccccc1)c1ccc(/C=C/c2ccc(N(C)C)cc2)cc1. The maximum absolute atomic E-state index is 6.57. The minimum Gasteiger partial charge on any atom is -0.378 e.